The summed E-state index contributed by atoms with van der Waals surface area (Å²) in [5.41, 5.74) is 1.88. The van der Waals surface area contributed by atoms with Gasteiger partial charge in [0.1, 0.15) is 11.4 Å². The molecule has 4 rings (SSSR count). The highest BCUT2D eigenvalue weighted by molar-refractivity contribution is 5.92. The average molecular weight is 364 g/mol. The molecule has 3 aromatic rings. The number of carbonyl (C=O) groups is 1. The van der Waals surface area contributed by atoms with Crippen molar-refractivity contribution in [3.63, 3.8) is 0 Å². The Kier molecular flexibility index (Phi) is 4.58. The normalized spacial score (nSPS) is 13.9. The Bertz CT molecular complexity index is 929. The summed E-state index contributed by atoms with van der Waals surface area (Å²) in [5.74, 6) is 1.55. The van der Waals surface area contributed by atoms with Crippen LogP contribution in [-0.4, -0.2) is 46.1 Å². The van der Waals surface area contributed by atoms with Crippen molar-refractivity contribution in [2.75, 3.05) is 14.1 Å². The van der Waals surface area contributed by atoms with Crippen molar-refractivity contribution in [2.24, 2.45) is 0 Å². The van der Waals surface area contributed by atoms with E-state index in [4.69, 9.17) is 9.26 Å². The number of hydrogen-bond donors (Lipinski definition) is 0. The number of rotatable bonds is 5. The van der Waals surface area contributed by atoms with Crippen LogP contribution >= 0.6 is 0 Å². The Morgan fingerprint density at radius 2 is 1.85 bits per heavy atom. The standard InChI is InChI=1S/C20H20N4O3/c1-24(2)20(25)17-11-8-14(12-21-17)18-22-19(27-23-18)13-6-9-16(10-7-13)26-15-4-3-5-15/h6-12,15H,3-5H2,1-2H3. The highest BCUT2D eigenvalue weighted by Crippen LogP contribution is 2.28. The summed E-state index contributed by atoms with van der Waals surface area (Å²) in [6.45, 7) is 0. The highest BCUT2D eigenvalue weighted by Gasteiger charge is 2.19. The van der Waals surface area contributed by atoms with Gasteiger partial charge < -0.3 is 14.2 Å². The van der Waals surface area contributed by atoms with Crippen LogP contribution in [0, 0.1) is 0 Å². The van der Waals surface area contributed by atoms with Gasteiger partial charge in [-0.25, -0.2) is 0 Å². The smallest absolute Gasteiger partial charge is 0.271 e. The fourth-order valence-electron chi connectivity index (χ4n) is 2.70. The van der Waals surface area contributed by atoms with Crippen molar-refractivity contribution < 1.29 is 14.1 Å². The quantitative estimate of drug-likeness (QED) is 0.690. The predicted molar refractivity (Wildman–Crippen MR) is 99.2 cm³/mol. The van der Waals surface area contributed by atoms with E-state index >= 15 is 0 Å². The highest BCUT2D eigenvalue weighted by atomic mass is 16.5. The number of carbonyl (C=O) groups excluding carboxylic acids is 1. The van der Waals surface area contributed by atoms with E-state index in [0.717, 1.165) is 24.2 Å². The van der Waals surface area contributed by atoms with Crippen molar-refractivity contribution in [3.8, 4) is 28.6 Å². The predicted octanol–water partition coefficient (Wildman–Crippen LogP) is 3.43. The molecule has 2 aromatic heterocycles. The van der Waals surface area contributed by atoms with Crippen LogP contribution in [0.25, 0.3) is 22.8 Å². The summed E-state index contributed by atoms with van der Waals surface area (Å²) in [7, 11) is 3.37. The number of amides is 1. The van der Waals surface area contributed by atoms with Crippen molar-refractivity contribution >= 4 is 5.91 Å². The fraction of sp³-hybridized carbons (Fsp3) is 0.300. The second-order valence-electron chi connectivity index (χ2n) is 6.75. The number of benzene rings is 1. The molecule has 0 aliphatic heterocycles. The zero-order chi connectivity index (χ0) is 18.8. The number of nitrogens with zero attached hydrogens (tertiary/aromatic N) is 4. The van der Waals surface area contributed by atoms with E-state index in [1.54, 1.807) is 32.4 Å². The SMILES string of the molecule is CN(C)C(=O)c1ccc(-c2noc(-c3ccc(OC4CCC4)cc3)n2)cn1. The van der Waals surface area contributed by atoms with Gasteiger partial charge in [-0.05, 0) is 55.7 Å². The number of aromatic nitrogens is 3. The van der Waals surface area contributed by atoms with Crippen LogP contribution < -0.4 is 4.74 Å². The molecule has 0 atom stereocenters. The molecule has 0 N–H and O–H groups in total. The van der Waals surface area contributed by atoms with E-state index in [1.807, 2.05) is 24.3 Å². The largest absolute Gasteiger partial charge is 0.490 e. The second-order valence-corrected chi connectivity index (χ2v) is 6.75. The minimum Gasteiger partial charge on any atom is -0.490 e. The Labute approximate surface area is 157 Å². The van der Waals surface area contributed by atoms with Gasteiger partial charge in [0.15, 0.2) is 0 Å². The summed E-state index contributed by atoms with van der Waals surface area (Å²) >= 11 is 0. The van der Waals surface area contributed by atoms with Gasteiger partial charge in [-0.2, -0.15) is 4.98 Å². The molecule has 1 saturated carbocycles. The molecule has 2 heterocycles. The second kappa shape index (κ2) is 7.19. The molecule has 0 unspecified atom stereocenters. The number of ether oxygens (including phenoxy) is 1. The Morgan fingerprint density at radius 3 is 2.44 bits per heavy atom. The van der Waals surface area contributed by atoms with Gasteiger partial charge in [-0.15, -0.1) is 0 Å². The molecule has 0 radical (unpaired) electrons. The monoisotopic (exact) mass is 364 g/mol. The molecule has 1 amide bonds. The van der Waals surface area contributed by atoms with Crippen molar-refractivity contribution in [3.05, 3.63) is 48.3 Å². The van der Waals surface area contributed by atoms with Crippen LogP contribution in [0.5, 0.6) is 5.75 Å². The van der Waals surface area contributed by atoms with Crippen LogP contribution in [-0.2, 0) is 0 Å². The van der Waals surface area contributed by atoms with E-state index in [0.29, 0.717) is 29.1 Å². The van der Waals surface area contributed by atoms with Gasteiger partial charge in [0.25, 0.3) is 11.8 Å². The van der Waals surface area contributed by atoms with E-state index in [1.165, 1.54) is 11.3 Å². The summed E-state index contributed by atoms with van der Waals surface area (Å²) in [6.07, 6.45) is 5.41. The molecule has 138 valence electrons. The maximum absolute atomic E-state index is 11.9. The van der Waals surface area contributed by atoms with Crippen molar-refractivity contribution in [1.82, 2.24) is 20.0 Å². The molecule has 7 nitrogen and oxygen atoms in total. The van der Waals surface area contributed by atoms with Crippen LogP contribution in [0.4, 0.5) is 0 Å². The molecule has 1 fully saturated rings. The minimum atomic E-state index is -0.153. The molecular weight excluding hydrogens is 344 g/mol. The molecule has 0 bridgehead atoms. The third kappa shape index (κ3) is 3.67. The minimum absolute atomic E-state index is 0.153. The summed E-state index contributed by atoms with van der Waals surface area (Å²) in [6, 6.07) is 11.1. The van der Waals surface area contributed by atoms with Gasteiger partial charge in [0.2, 0.25) is 5.82 Å². The van der Waals surface area contributed by atoms with E-state index in [-0.39, 0.29) is 5.91 Å². The Hall–Kier alpha value is -3.22. The Morgan fingerprint density at radius 1 is 1.11 bits per heavy atom. The zero-order valence-electron chi connectivity index (χ0n) is 15.3. The fourth-order valence-corrected chi connectivity index (χ4v) is 2.70. The Balaban J connectivity index is 1.48. The topological polar surface area (TPSA) is 81.4 Å². The van der Waals surface area contributed by atoms with Crippen LogP contribution in [0.3, 0.4) is 0 Å². The van der Waals surface area contributed by atoms with Gasteiger partial charge >= 0.3 is 0 Å². The van der Waals surface area contributed by atoms with Gasteiger partial charge in [-0.3, -0.25) is 9.78 Å². The van der Waals surface area contributed by atoms with Crippen molar-refractivity contribution in [1.29, 1.82) is 0 Å². The lowest BCUT2D eigenvalue weighted by Gasteiger charge is -2.26. The van der Waals surface area contributed by atoms with Crippen LogP contribution in [0.15, 0.2) is 47.1 Å². The van der Waals surface area contributed by atoms with E-state index in [9.17, 15) is 4.79 Å². The summed E-state index contributed by atoms with van der Waals surface area (Å²) in [4.78, 5) is 22.0. The first-order valence-electron chi connectivity index (χ1n) is 8.89. The molecular formula is C20H20N4O3. The van der Waals surface area contributed by atoms with E-state index < -0.39 is 0 Å². The summed E-state index contributed by atoms with van der Waals surface area (Å²) < 4.78 is 11.2. The number of pyridine rings is 1. The van der Waals surface area contributed by atoms with Gasteiger partial charge in [-0.1, -0.05) is 5.16 Å². The first-order chi connectivity index (χ1) is 13.1. The molecule has 0 saturated heterocycles. The molecule has 7 heteroatoms. The maximum Gasteiger partial charge on any atom is 0.271 e. The van der Waals surface area contributed by atoms with E-state index in [2.05, 4.69) is 15.1 Å². The van der Waals surface area contributed by atoms with Crippen LogP contribution in [0.2, 0.25) is 0 Å². The van der Waals surface area contributed by atoms with Crippen molar-refractivity contribution in [2.45, 2.75) is 25.4 Å². The lowest BCUT2D eigenvalue weighted by molar-refractivity contribution is 0.0822. The average Bonchev–Trinajstić information content (AvgIpc) is 3.15. The summed E-state index contributed by atoms with van der Waals surface area (Å²) in [5, 5.41) is 4.01. The van der Waals surface area contributed by atoms with Gasteiger partial charge in [0, 0.05) is 31.4 Å². The maximum atomic E-state index is 11.9. The molecule has 0 spiro atoms. The first kappa shape index (κ1) is 17.2. The zero-order valence-corrected chi connectivity index (χ0v) is 15.3. The third-order valence-electron chi connectivity index (χ3n) is 4.53. The number of hydrogen-bond acceptors (Lipinski definition) is 6. The molecule has 1 aromatic carbocycles. The molecule has 27 heavy (non-hydrogen) atoms. The van der Waals surface area contributed by atoms with Crippen LogP contribution in [0.1, 0.15) is 29.8 Å². The lowest BCUT2D eigenvalue weighted by Crippen LogP contribution is -2.24. The first-order valence-corrected chi connectivity index (χ1v) is 8.89. The lowest BCUT2D eigenvalue weighted by atomic mass is 9.96. The van der Waals surface area contributed by atoms with Gasteiger partial charge in [0.05, 0.1) is 6.10 Å². The molecule has 1 aliphatic carbocycles. The third-order valence-corrected chi connectivity index (χ3v) is 4.53. The molecule has 1 aliphatic rings.